The van der Waals surface area contributed by atoms with Crippen molar-refractivity contribution in [2.75, 3.05) is 13.2 Å². The molecule has 0 spiro atoms. The van der Waals surface area contributed by atoms with Crippen molar-refractivity contribution in [2.24, 2.45) is 0 Å². The lowest BCUT2D eigenvalue weighted by atomic mass is 10.0. The van der Waals surface area contributed by atoms with Gasteiger partial charge in [0.05, 0.1) is 18.8 Å². The summed E-state index contributed by atoms with van der Waals surface area (Å²) in [7, 11) is 0. The second-order valence-corrected chi connectivity index (χ2v) is 6.17. The molecule has 1 saturated heterocycles. The van der Waals surface area contributed by atoms with Crippen molar-refractivity contribution in [1.29, 1.82) is 0 Å². The number of carbonyl (C=O) groups excluding carboxylic acids is 1. The van der Waals surface area contributed by atoms with Gasteiger partial charge in [-0.1, -0.05) is 36.4 Å². The fraction of sp³-hybridized carbons (Fsp3) is 0.500. The van der Waals surface area contributed by atoms with E-state index >= 15 is 0 Å². The summed E-state index contributed by atoms with van der Waals surface area (Å²) >= 11 is 0. The molecule has 2 aliphatic rings. The quantitative estimate of drug-likeness (QED) is 0.756. The number of nitrogens with zero attached hydrogens (tertiary/aromatic N) is 1. The molecule has 1 aromatic carbocycles. The minimum Gasteiger partial charge on any atom is -0.372 e. The van der Waals surface area contributed by atoms with E-state index in [0.29, 0.717) is 32.4 Å². The van der Waals surface area contributed by atoms with Crippen LogP contribution in [0.1, 0.15) is 24.8 Å². The van der Waals surface area contributed by atoms with E-state index < -0.39 is 5.67 Å². The van der Waals surface area contributed by atoms with Crippen LogP contribution < -0.4 is 0 Å². The highest BCUT2D eigenvalue weighted by atomic mass is 19.1. The van der Waals surface area contributed by atoms with Crippen LogP contribution in [0.25, 0.3) is 0 Å². The molecule has 0 radical (unpaired) electrons. The van der Waals surface area contributed by atoms with Gasteiger partial charge in [0.25, 0.3) is 5.91 Å². The summed E-state index contributed by atoms with van der Waals surface area (Å²) in [4.78, 5) is 14.1. The fourth-order valence-electron chi connectivity index (χ4n) is 3.14. The SMILES string of the molecule is C=CCO[C@@H]1CCN(C(=O)C2(F)CC2)[C@H]1Cc1ccccc1. The van der Waals surface area contributed by atoms with Crippen molar-refractivity contribution in [3.05, 3.63) is 48.6 Å². The lowest BCUT2D eigenvalue weighted by Gasteiger charge is -2.29. The Morgan fingerprint density at radius 3 is 2.77 bits per heavy atom. The maximum absolute atomic E-state index is 14.2. The minimum absolute atomic E-state index is 0.0514. The lowest BCUT2D eigenvalue weighted by molar-refractivity contribution is -0.140. The summed E-state index contributed by atoms with van der Waals surface area (Å²) in [5, 5.41) is 0. The van der Waals surface area contributed by atoms with Crippen LogP contribution >= 0.6 is 0 Å². The number of rotatable bonds is 6. The first-order valence-corrected chi connectivity index (χ1v) is 7.90. The molecule has 2 fully saturated rings. The van der Waals surface area contributed by atoms with Crippen LogP contribution in [-0.4, -0.2) is 41.8 Å². The van der Waals surface area contributed by atoms with Crippen LogP contribution in [0.5, 0.6) is 0 Å². The highest BCUT2D eigenvalue weighted by Crippen LogP contribution is 2.43. The molecule has 0 N–H and O–H groups in total. The first-order chi connectivity index (χ1) is 10.6. The number of halogens is 1. The van der Waals surface area contributed by atoms with E-state index in [-0.39, 0.29) is 18.1 Å². The molecular formula is C18H22FNO2. The molecule has 1 amide bonds. The second kappa shape index (κ2) is 6.21. The van der Waals surface area contributed by atoms with E-state index in [0.717, 1.165) is 12.0 Å². The van der Waals surface area contributed by atoms with Gasteiger partial charge in [-0.3, -0.25) is 4.79 Å². The van der Waals surface area contributed by atoms with Crippen molar-refractivity contribution < 1.29 is 13.9 Å². The number of carbonyl (C=O) groups is 1. The van der Waals surface area contributed by atoms with Gasteiger partial charge < -0.3 is 9.64 Å². The summed E-state index contributed by atoms with van der Waals surface area (Å²) in [6, 6.07) is 9.90. The van der Waals surface area contributed by atoms with E-state index in [1.165, 1.54) is 0 Å². The van der Waals surface area contributed by atoms with Crippen molar-refractivity contribution in [2.45, 2.75) is 43.5 Å². The third-order valence-corrected chi connectivity index (χ3v) is 4.53. The van der Waals surface area contributed by atoms with Gasteiger partial charge in [0, 0.05) is 6.54 Å². The molecule has 2 atom stereocenters. The summed E-state index contributed by atoms with van der Waals surface area (Å²) in [6.45, 7) is 4.70. The summed E-state index contributed by atoms with van der Waals surface area (Å²) in [5.41, 5.74) is -0.467. The van der Waals surface area contributed by atoms with E-state index in [1.54, 1.807) is 11.0 Å². The number of amides is 1. The standard InChI is InChI=1S/C18H22FNO2/c1-2-12-22-16-8-11-20(17(21)18(19)9-10-18)15(16)13-14-6-4-3-5-7-14/h2-7,15-16H,1,8-13H2/t15-,16+/m0/s1. The predicted molar refractivity (Wildman–Crippen MR) is 83.3 cm³/mol. The zero-order valence-electron chi connectivity index (χ0n) is 12.7. The average Bonchev–Trinajstić information content (AvgIpc) is 3.17. The van der Waals surface area contributed by atoms with E-state index in [4.69, 9.17) is 4.74 Å². The van der Waals surface area contributed by atoms with Gasteiger partial charge in [0.2, 0.25) is 0 Å². The Bertz CT molecular complexity index is 541. The Labute approximate surface area is 130 Å². The molecule has 3 rings (SSSR count). The average molecular weight is 303 g/mol. The van der Waals surface area contributed by atoms with Crippen LogP contribution in [0.15, 0.2) is 43.0 Å². The number of hydrogen-bond acceptors (Lipinski definition) is 2. The maximum Gasteiger partial charge on any atom is 0.260 e. The van der Waals surface area contributed by atoms with Crippen LogP contribution in [0.2, 0.25) is 0 Å². The van der Waals surface area contributed by atoms with Crippen LogP contribution in [0.4, 0.5) is 4.39 Å². The molecule has 22 heavy (non-hydrogen) atoms. The molecule has 4 heteroatoms. The molecule has 3 nitrogen and oxygen atoms in total. The molecule has 0 unspecified atom stereocenters. The molecule has 0 bridgehead atoms. The van der Waals surface area contributed by atoms with Crippen LogP contribution in [0, 0.1) is 0 Å². The first kappa shape index (κ1) is 15.2. The number of alkyl halides is 1. The Balaban J connectivity index is 1.76. The predicted octanol–water partition coefficient (Wildman–Crippen LogP) is 2.90. The van der Waals surface area contributed by atoms with E-state index in [9.17, 15) is 9.18 Å². The number of ether oxygens (including phenoxy) is 1. The molecule has 1 aliphatic carbocycles. The van der Waals surface area contributed by atoms with Crippen LogP contribution in [-0.2, 0) is 16.0 Å². The molecular weight excluding hydrogens is 281 g/mol. The fourth-order valence-corrected chi connectivity index (χ4v) is 3.14. The van der Waals surface area contributed by atoms with Crippen molar-refractivity contribution >= 4 is 5.91 Å². The summed E-state index contributed by atoms with van der Waals surface area (Å²) in [6.07, 6.45) is 3.83. The Morgan fingerprint density at radius 2 is 2.14 bits per heavy atom. The number of benzene rings is 1. The molecule has 0 aromatic heterocycles. The van der Waals surface area contributed by atoms with Gasteiger partial charge >= 0.3 is 0 Å². The highest BCUT2D eigenvalue weighted by Gasteiger charge is 2.55. The van der Waals surface area contributed by atoms with Crippen LogP contribution in [0.3, 0.4) is 0 Å². The van der Waals surface area contributed by atoms with Crippen molar-refractivity contribution in [1.82, 2.24) is 4.90 Å². The van der Waals surface area contributed by atoms with Crippen molar-refractivity contribution in [3.63, 3.8) is 0 Å². The normalized spacial score (nSPS) is 26.0. The van der Waals surface area contributed by atoms with Gasteiger partial charge in [0.15, 0.2) is 5.67 Å². The van der Waals surface area contributed by atoms with E-state index in [1.807, 2.05) is 30.3 Å². The van der Waals surface area contributed by atoms with Gasteiger partial charge in [-0.25, -0.2) is 4.39 Å². The second-order valence-electron chi connectivity index (χ2n) is 6.17. The largest absolute Gasteiger partial charge is 0.372 e. The molecule has 1 saturated carbocycles. The van der Waals surface area contributed by atoms with Gasteiger partial charge in [-0.2, -0.15) is 0 Å². The third kappa shape index (κ3) is 3.07. The monoisotopic (exact) mass is 303 g/mol. The smallest absolute Gasteiger partial charge is 0.260 e. The van der Waals surface area contributed by atoms with Gasteiger partial charge in [-0.05, 0) is 31.2 Å². The molecule has 118 valence electrons. The third-order valence-electron chi connectivity index (χ3n) is 4.53. The molecule has 1 aliphatic heterocycles. The molecule has 1 heterocycles. The van der Waals surface area contributed by atoms with Crippen molar-refractivity contribution in [3.8, 4) is 0 Å². The molecule has 1 aromatic rings. The van der Waals surface area contributed by atoms with E-state index in [2.05, 4.69) is 6.58 Å². The minimum atomic E-state index is -1.61. The lowest BCUT2D eigenvalue weighted by Crippen LogP contribution is -2.46. The zero-order chi connectivity index (χ0) is 15.6. The Morgan fingerprint density at radius 1 is 1.41 bits per heavy atom. The highest BCUT2D eigenvalue weighted by molar-refractivity contribution is 5.88. The Hall–Kier alpha value is -1.68. The zero-order valence-corrected chi connectivity index (χ0v) is 12.7. The topological polar surface area (TPSA) is 29.5 Å². The first-order valence-electron chi connectivity index (χ1n) is 7.90. The van der Waals surface area contributed by atoms with Gasteiger partial charge in [0.1, 0.15) is 0 Å². The number of hydrogen-bond donors (Lipinski definition) is 0. The summed E-state index contributed by atoms with van der Waals surface area (Å²) < 4.78 is 20.0. The summed E-state index contributed by atoms with van der Waals surface area (Å²) in [5.74, 6) is -0.349. The van der Waals surface area contributed by atoms with Gasteiger partial charge in [-0.15, -0.1) is 6.58 Å². The number of likely N-dealkylation sites (tertiary alicyclic amines) is 1. The maximum atomic E-state index is 14.2. The Kier molecular flexibility index (Phi) is 4.30.